The molecule has 0 radical (unpaired) electrons. The highest BCUT2D eigenvalue weighted by molar-refractivity contribution is 7.08. The minimum atomic E-state index is -0.476. The molecule has 6 nitrogen and oxygen atoms in total. The second-order valence-electron chi connectivity index (χ2n) is 6.89. The van der Waals surface area contributed by atoms with Gasteiger partial charge in [0.25, 0.3) is 5.91 Å². The number of methoxy groups -OCH3 is 3. The van der Waals surface area contributed by atoms with Gasteiger partial charge < -0.3 is 19.1 Å². The third-order valence-corrected chi connectivity index (χ3v) is 6.00. The van der Waals surface area contributed by atoms with Crippen LogP contribution in [-0.2, 0) is 9.47 Å². The molecule has 128 valence electrons. The van der Waals surface area contributed by atoms with E-state index in [9.17, 15) is 4.79 Å². The van der Waals surface area contributed by atoms with Gasteiger partial charge in [-0.15, -0.1) is 0 Å². The Kier molecular flexibility index (Phi) is 4.14. The number of rotatable bonds is 5. The van der Waals surface area contributed by atoms with E-state index < -0.39 is 5.79 Å². The number of ether oxygens (including phenoxy) is 3. The van der Waals surface area contributed by atoms with Gasteiger partial charge >= 0.3 is 0 Å². The maximum Gasteiger partial charge on any atom is 0.266 e. The molecular formula is C16H24N2O4S. The lowest BCUT2D eigenvalue weighted by Crippen LogP contribution is -2.76. The van der Waals surface area contributed by atoms with Crippen molar-refractivity contribution in [2.24, 2.45) is 11.3 Å². The first-order valence-corrected chi connectivity index (χ1v) is 8.59. The van der Waals surface area contributed by atoms with Crippen LogP contribution in [0.2, 0.25) is 0 Å². The third kappa shape index (κ3) is 2.45. The molecule has 1 saturated carbocycles. The molecule has 1 aliphatic carbocycles. The van der Waals surface area contributed by atoms with Crippen LogP contribution in [0.15, 0.2) is 6.07 Å². The average molecular weight is 340 g/mol. The van der Waals surface area contributed by atoms with Crippen molar-refractivity contribution in [3.05, 3.63) is 10.9 Å². The molecule has 1 aromatic rings. The first-order chi connectivity index (χ1) is 10.9. The van der Waals surface area contributed by atoms with Gasteiger partial charge in [0.2, 0.25) is 5.88 Å². The minimum Gasteiger partial charge on any atom is -0.480 e. The molecule has 1 aromatic heterocycles. The molecule has 2 heterocycles. The summed E-state index contributed by atoms with van der Waals surface area (Å²) in [6.07, 6.45) is 1.68. The Morgan fingerprint density at radius 1 is 1.35 bits per heavy atom. The highest BCUT2D eigenvalue weighted by Crippen LogP contribution is 2.61. The van der Waals surface area contributed by atoms with E-state index >= 15 is 0 Å². The van der Waals surface area contributed by atoms with E-state index in [1.807, 2.05) is 4.90 Å². The van der Waals surface area contributed by atoms with E-state index in [0.29, 0.717) is 16.7 Å². The van der Waals surface area contributed by atoms with Crippen LogP contribution in [0.3, 0.4) is 0 Å². The summed E-state index contributed by atoms with van der Waals surface area (Å²) < 4.78 is 20.3. The van der Waals surface area contributed by atoms with Crippen LogP contribution in [0, 0.1) is 11.3 Å². The summed E-state index contributed by atoms with van der Waals surface area (Å²) in [6, 6.07) is 1.92. The summed E-state index contributed by atoms with van der Waals surface area (Å²) >= 11 is 1.19. The number of hydrogen-bond donors (Lipinski definition) is 0. The normalized spacial score (nSPS) is 24.4. The largest absolute Gasteiger partial charge is 0.480 e. The number of carbonyl (C=O) groups excluding carboxylic acids is 1. The SMILES string of the molecule is COc1cc(C(=O)N2CC3(CC(OC)(OC)C3)C2C(C)C)sn1. The quantitative estimate of drug-likeness (QED) is 0.770. The van der Waals surface area contributed by atoms with E-state index in [0.717, 1.165) is 19.4 Å². The van der Waals surface area contributed by atoms with Crippen molar-refractivity contribution in [1.29, 1.82) is 0 Å². The van der Waals surface area contributed by atoms with Crippen molar-refractivity contribution >= 4 is 17.4 Å². The number of likely N-dealkylation sites (tertiary alicyclic amines) is 1. The van der Waals surface area contributed by atoms with Gasteiger partial charge in [-0.1, -0.05) is 13.8 Å². The Morgan fingerprint density at radius 2 is 2.00 bits per heavy atom. The summed E-state index contributed by atoms with van der Waals surface area (Å²) in [5.41, 5.74) is 0.116. The lowest BCUT2D eigenvalue weighted by molar-refractivity contribution is -0.332. The van der Waals surface area contributed by atoms with Gasteiger partial charge in [-0.25, -0.2) is 0 Å². The molecule has 23 heavy (non-hydrogen) atoms. The predicted octanol–water partition coefficient (Wildman–Crippen LogP) is 2.40. The summed E-state index contributed by atoms with van der Waals surface area (Å²) in [5, 5.41) is 0. The third-order valence-electron chi connectivity index (χ3n) is 5.24. The maximum absolute atomic E-state index is 12.8. The highest BCUT2D eigenvalue weighted by atomic mass is 32.1. The van der Waals surface area contributed by atoms with E-state index in [1.165, 1.54) is 11.5 Å². The van der Waals surface area contributed by atoms with Gasteiger partial charge in [0, 0.05) is 51.1 Å². The topological polar surface area (TPSA) is 60.9 Å². The zero-order valence-electron chi connectivity index (χ0n) is 14.3. The van der Waals surface area contributed by atoms with Gasteiger partial charge in [0.05, 0.1) is 7.11 Å². The zero-order chi connectivity index (χ0) is 16.8. The molecule has 7 heteroatoms. The van der Waals surface area contributed by atoms with E-state index in [2.05, 4.69) is 18.2 Å². The molecule has 1 saturated heterocycles. The predicted molar refractivity (Wildman–Crippen MR) is 86.7 cm³/mol. The molecule has 0 N–H and O–H groups in total. The fraction of sp³-hybridized carbons (Fsp3) is 0.750. The Balaban J connectivity index is 1.74. The zero-order valence-corrected chi connectivity index (χ0v) is 15.1. The van der Waals surface area contributed by atoms with Crippen LogP contribution in [0.4, 0.5) is 0 Å². The lowest BCUT2D eigenvalue weighted by Gasteiger charge is -2.68. The van der Waals surface area contributed by atoms with Crippen molar-refractivity contribution in [2.75, 3.05) is 27.9 Å². The van der Waals surface area contributed by atoms with Crippen molar-refractivity contribution < 1.29 is 19.0 Å². The average Bonchev–Trinajstić information content (AvgIpc) is 2.94. The fourth-order valence-electron chi connectivity index (χ4n) is 4.33. The molecule has 2 fully saturated rings. The second-order valence-corrected chi connectivity index (χ2v) is 7.70. The molecule has 1 atom stereocenters. The summed E-state index contributed by atoms with van der Waals surface area (Å²) in [4.78, 5) is 15.4. The van der Waals surface area contributed by atoms with Gasteiger partial charge in [0.15, 0.2) is 5.79 Å². The standard InChI is InChI=1S/C16H24N2O4S/c1-10(2)13-15(7-16(8-15,21-4)22-5)9-18(13)14(19)11-6-12(20-3)17-23-11/h6,10,13H,7-9H2,1-5H3. The van der Waals surface area contributed by atoms with Gasteiger partial charge in [-0.05, 0) is 17.5 Å². The minimum absolute atomic E-state index is 0.0439. The first kappa shape index (κ1) is 16.7. The van der Waals surface area contributed by atoms with Gasteiger partial charge in [-0.3, -0.25) is 4.79 Å². The van der Waals surface area contributed by atoms with E-state index in [-0.39, 0.29) is 17.4 Å². The number of hydrogen-bond acceptors (Lipinski definition) is 6. The summed E-state index contributed by atoms with van der Waals surface area (Å²) in [5.74, 6) is 0.448. The molecular weight excluding hydrogens is 316 g/mol. The highest BCUT2D eigenvalue weighted by Gasteiger charge is 2.67. The van der Waals surface area contributed by atoms with Gasteiger partial charge in [-0.2, -0.15) is 4.37 Å². The molecule has 0 aromatic carbocycles. The van der Waals surface area contributed by atoms with Crippen LogP contribution in [-0.4, -0.2) is 54.9 Å². The van der Waals surface area contributed by atoms with Crippen LogP contribution in [0.5, 0.6) is 5.88 Å². The summed E-state index contributed by atoms with van der Waals surface area (Å²) in [7, 11) is 4.93. The molecule has 1 amide bonds. The Morgan fingerprint density at radius 3 is 2.48 bits per heavy atom. The van der Waals surface area contributed by atoms with Crippen LogP contribution in [0.25, 0.3) is 0 Å². The van der Waals surface area contributed by atoms with Crippen LogP contribution >= 0.6 is 11.5 Å². The fourth-order valence-corrected chi connectivity index (χ4v) is 4.99. The summed E-state index contributed by atoms with van der Waals surface area (Å²) in [6.45, 7) is 5.08. The van der Waals surface area contributed by atoms with Crippen molar-refractivity contribution in [2.45, 2.75) is 38.5 Å². The van der Waals surface area contributed by atoms with E-state index in [4.69, 9.17) is 14.2 Å². The molecule has 1 spiro atoms. The number of aromatic nitrogens is 1. The molecule has 1 aliphatic heterocycles. The lowest BCUT2D eigenvalue weighted by atomic mass is 9.52. The molecule has 2 aliphatic rings. The van der Waals surface area contributed by atoms with Crippen LogP contribution < -0.4 is 4.74 Å². The van der Waals surface area contributed by atoms with Gasteiger partial charge in [0.1, 0.15) is 4.88 Å². The second kappa shape index (κ2) is 5.72. The smallest absolute Gasteiger partial charge is 0.266 e. The first-order valence-electron chi connectivity index (χ1n) is 7.82. The van der Waals surface area contributed by atoms with Crippen LogP contribution in [0.1, 0.15) is 36.4 Å². The Hall–Kier alpha value is -1.18. The Bertz CT molecular complexity index is 589. The van der Waals surface area contributed by atoms with Crippen molar-refractivity contribution in [1.82, 2.24) is 9.27 Å². The number of carbonyl (C=O) groups is 1. The number of amides is 1. The van der Waals surface area contributed by atoms with E-state index in [1.54, 1.807) is 27.4 Å². The van der Waals surface area contributed by atoms with Crippen molar-refractivity contribution in [3.8, 4) is 5.88 Å². The molecule has 3 rings (SSSR count). The monoisotopic (exact) mass is 340 g/mol. The number of nitrogens with zero attached hydrogens (tertiary/aromatic N) is 2. The van der Waals surface area contributed by atoms with Crippen molar-refractivity contribution in [3.63, 3.8) is 0 Å². The maximum atomic E-state index is 12.8. The molecule has 0 bridgehead atoms. The molecule has 1 unspecified atom stereocenters. The Labute approximate surface area is 140 Å².